The summed E-state index contributed by atoms with van der Waals surface area (Å²) in [5.74, 6) is -2.40. The Morgan fingerprint density at radius 2 is 1.85 bits per heavy atom. The number of ketones is 1. The van der Waals surface area contributed by atoms with E-state index in [9.17, 15) is 22.8 Å². The molecule has 1 N–H and O–H groups in total. The summed E-state index contributed by atoms with van der Waals surface area (Å²) in [6.45, 7) is 1.88. The second-order valence-corrected chi connectivity index (χ2v) is 7.05. The Bertz CT molecular complexity index is 817. The topological polar surface area (TPSA) is 49.4 Å². The van der Waals surface area contributed by atoms with Crippen LogP contribution in [0, 0.1) is 0 Å². The number of hydrogen-bond donors (Lipinski definition) is 1. The third-order valence-electron chi connectivity index (χ3n) is 4.18. The number of carbonyl (C=O) groups excluding carboxylic acids is 2. The van der Waals surface area contributed by atoms with Crippen molar-refractivity contribution in [2.45, 2.75) is 19.0 Å². The lowest BCUT2D eigenvalue weighted by Gasteiger charge is -2.31. The molecule has 1 aromatic carbocycles. The van der Waals surface area contributed by atoms with E-state index in [0.29, 0.717) is 24.4 Å². The molecular formula is C18H17F3N2O2S. The highest BCUT2D eigenvalue weighted by Gasteiger charge is 2.40. The Labute approximate surface area is 152 Å². The Balaban J connectivity index is 1.56. The van der Waals surface area contributed by atoms with Crippen LogP contribution in [0.1, 0.15) is 31.3 Å². The van der Waals surface area contributed by atoms with Gasteiger partial charge >= 0.3 is 6.18 Å². The van der Waals surface area contributed by atoms with Gasteiger partial charge in [-0.15, -0.1) is 11.3 Å². The molecule has 8 heteroatoms. The number of anilines is 1. The summed E-state index contributed by atoms with van der Waals surface area (Å²) in [6, 6.07) is 10.4. The lowest BCUT2D eigenvalue weighted by molar-refractivity contribution is -0.0882. The number of nitrogens with zero attached hydrogens (tertiary/aromatic N) is 1. The van der Waals surface area contributed by atoms with Gasteiger partial charge in [0.1, 0.15) is 0 Å². The number of aryl methyl sites for hydroxylation is 1. The van der Waals surface area contributed by atoms with E-state index in [0.717, 1.165) is 31.1 Å². The Kier molecular flexibility index (Phi) is 5.31. The number of nitrogens with one attached hydrogen (secondary N) is 1. The second-order valence-electron chi connectivity index (χ2n) is 5.97. The van der Waals surface area contributed by atoms with E-state index in [4.69, 9.17) is 0 Å². The number of hydrogen-bond acceptors (Lipinski definition) is 4. The predicted molar refractivity (Wildman–Crippen MR) is 94.0 cm³/mol. The van der Waals surface area contributed by atoms with Gasteiger partial charge in [0.2, 0.25) is 0 Å². The minimum absolute atomic E-state index is 0.0941. The van der Waals surface area contributed by atoms with Crippen LogP contribution in [0.5, 0.6) is 0 Å². The molecule has 0 unspecified atom stereocenters. The highest BCUT2D eigenvalue weighted by Crippen LogP contribution is 2.27. The van der Waals surface area contributed by atoms with Gasteiger partial charge in [-0.25, -0.2) is 0 Å². The molecule has 138 valence electrons. The molecule has 1 amide bonds. The maximum Gasteiger partial charge on any atom is 0.455 e. The van der Waals surface area contributed by atoms with Crippen molar-refractivity contribution in [1.82, 2.24) is 5.32 Å². The summed E-state index contributed by atoms with van der Waals surface area (Å²) >= 11 is 0.555. The minimum Gasteiger partial charge on any atom is -0.370 e. The smallest absolute Gasteiger partial charge is 0.370 e. The van der Waals surface area contributed by atoms with Crippen LogP contribution in [-0.2, 0) is 6.42 Å². The summed E-state index contributed by atoms with van der Waals surface area (Å²) in [5, 5.41) is 2.71. The number of fused-ring (bicyclic) bond motifs is 1. The number of thiophene rings is 1. The fourth-order valence-electron chi connectivity index (χ4n) is 2.96. The number of rotatable bonds is 5. The van der Waals surface area contributed by atoms with Crippen LogP contribution >= 0.6 is 11.3 Å². The SMILES string of the molecule is O=C(NCCN1CCCc2ccccc21)c1ccc(C(=O)C(F)(F)F)s1. The van der Waals surface area contributed by atoms with Crippen LogP contribution < -0.4 is 10.2 Å². The van der Waals surface area contributed by atoms with Crippen molar-refractivity contribution in [2.24, 2.45) is 0 Å². The summed E-state index contributed by atoms with van der Waals surface area (Å²) < 4.78 is 37.3. The van der Waals surface area contributed by atoms with Crippen LogP contribution in [0.25, 0.3) is 0 Å². The number of para-hydroxylation sites is 1. The van der Waals surface area contributed by atoms with Gasteiger partial charge in [0.05, 0.1) is 9.75 Å². The maximum atomic E-state index is 12.4. The molecule has 0 radical (unpaired) electrons. The molecule has 0 bridgehead atoms. The van der Waals surface area contributed by atoms with Crippen molar-refractivity contribution < 1.29 is 22.8 Å². The van der Waals surface area contributed by atoms with E-state index in [1.807, 2.05) is 18.2 Å². The van der Waals surface area contributed by atoms with Crippen molar-refractivity contribution in [1.29, 1.82) is 0 Å². The average Bonchev–Trinajstić information content (AvgIpc) is 3.10. The fraction of sp³-hybridized carbons (Fsp3) is 0.333. The summed E-state index contributed by atoms with van der Waals surface area (Å²) in [5.41, 5.74) is 2.43. The van der Waals surface area contributed by atoms with Crippen LogP contribution in [-0.4, -0.2) is 37.5 Å². The van der Waals surface area contributed by atoms with Crippen molar-refractivity contribution >= 4 is 28.7 Å². The first-order chi connectivity index (χ1) is 12.4. The summed E-state index contributed by atoms with van der Waals surface area (Å²) in [7, 11) is 0. The third kappa shape index (κ3) is 4.07. The largest absolute Gasteiger partial charge is 0.455 e. The lowest BCUT2D eigenvalue weighted by atomic mass is 10.0. The number of alkyl halides is 3. The van der Waals surface area contributed by atoms with E-state index in [1.165, 1.54) is 11.6 Å². The van der Waals surface area contributed by atoms with Crippen LogP contribution in [0.3, 0.4) is 0 Å². The first kappa shape index (κ1) is 18.4. The standard InChI is InChI=1S/C18H17F3N2O2S/c19-18(20,21)16(24)14-7-8-15(26-14)17(25)22-9-11-23-10-3-5-12-4-1-2-6-13(12)23/h1-2,4,6-8H,3,5,9-11H2,(H,22,25). The average molecular weight is 382 g/mol. The van der Waals surface area contributed by atoms with E-state index in [1.54, 1.807) is 0 Å². The molecule has 1 aliphatic rings. The zero-order valence-corrected chi connectivity index (χ0v) is 14.6. The van der Waals surface area contributed by atoms with Gasteiger partial charge in [-0.3, -0.25) is 9.59 Å². The molecule has 2 heterocycles. The number of carbonyl (C=O) groups is 2. The molecule has 0 saturated carbocycles. The fourth-order valence-corrected chi connectivity index (χ4v) is 3.84. The van der Waals surface area contributed by atoms with Gasteiger partial charge < -0.3 is 10.2 Å². The quantitative estimate of drug-likeness (QED) is 0.803. The molecule has 0 spiro atoms. The highest BCUT2D eigenvalue weighted by molar-refractivity contribution is 7.16. The van der Waals surface area contributed by atoms with E-state index < -0.39 is 22.7 Å². The first-order valence-corrected chi connectivity index (χ1v) is 9.00. The molecule has 0 aliphatic carbocycles. The molecule has 4 nitrogen and oxygen atoms in total. The van der Waals surface area contributed by atoms with Gasteiger partial charge in [0, 0.05) is 25.3 Å². The summed E-state index contributed by atoms with van der Waals surface area (Å²) in [6.07, 6.45) is -2.86. The van der Waals surface area contributed by atoms with E-state index in [-0.39, 0.29) is 4.88 Å². The number of Topliss-reactive ketones (excluding diaryl/α,β-unsaturated/α-hetero) is 1. The Hall–Kier alpha value is -2.35. The van der Waals surface area contributed by atoms with Crippen LogP contribution in [0.15, 0.2) is 36.4 Å². The van der Waals surface area contributed by atoms with Gasteiger partial charge in [0.25, 0.3) is 11.7 Å². The number of amides is 1. The molecule has 1 aromatic heterocycles. The molecule has 3 rings (SSSR count). The van der Waals surface area contributed by atoms with Gasteiger partial charge in [-0.2, -0.15) is 13.2 Å². The zero-order valence-electron chi connectivity index (χ0n) is 13.8. The first-order valence-electron chi connectivity index (χ1n) is 8.18. The monoisotopic (exact) mass is 382 g/mol. The van der Waals surface area contributed by atoms with Crippen molar-refractivity contribution in [3.05, 3.63) is 51.7 Å². The lowest BCUT2D eigenvalue weighted by Crippen LogP contribution is -2.37. The molecule has 0 atom stereocenters. The molecule has 0 fully saturated rings. The maximum absolute atomic E-state index is 12.4. The number of halogens is 3. The molecule has 26 heavy (non-hydrogen) atoms. The minimum atomic E-state index is -4.93. The van der Waals surface area contributed by atoms with Crippen LogP contribution in [0.4, 0.5) is 18.9 Å². The normalized spacial score (nSPS) is 14.0. The number of benzene rings is 1. The van der Waals surface area contributed by atoms with Gasteiger partial charge in [0.15, 0.2) is 0 Å². The molecule has 2 aromatic rings. The summed E-state index contributed by atoms with van der Waals surface area (Å²) in [4.78, 5) is 25.1. The molecular weight excluding hydrogens is 365 g/mol. The van der Waals surface area contributed by atoms with Crippen LogP contribution in [0.2, 0.25) is 0 Å². The van der Waals surface area contributed by atoms with Crippen molar-refractivity contribution in [3.8, 4) is 0 Å². The van der Waals surface area contributed by atoms with E-state index in [2.05, 4.69) is 16.3 Å². The predicted octanol–water partition coefficient (Wildman–Crippen LogP) is 3.68. The van der Waals surface area contributed by atoms with Gasteiger partial charge in [-0.1, -0.05) is 18.2 Å². The molecule has 0 saturated heterocycles. The Morgan fingerprint density at radius 3 is 2.62 bits per heavy atom. The third-order valence-corrected chi connectivity index (χ3v) is 5.27. The van der Waals surface area contributed by atoms with E-state index >= 15 is 0 Å². The zero-order chi connectivity index (χ0) is 18.7. The van der Waals surface area contributed by atoms with Crippen molar-refractivity contribution in [3.63, 3.8) is 0 Å². The van der Waals surface area contributed by atoms with Crippen molar-refractivity contribution in [2.75, 3.05) is 24.5 Å². The highest BCUT2D eigenvalue weighted by atomic mass is 32.1. The van der Waals surface area contributed by atoms with Gasteiger partial charge in [-0.05, 0) is 36.6 Å². The Morgan fingerprint density at radius 1 is 1.12 bits per heavy atom. The molecule has 1 aliphatic heterocycles. The second kappa shape index (κ2) is 7.49.